The van der Waals surface area contributed by atoms with Crippen molar-refractivity contribution in [2.45, 2.75) is 32.3 Å². The van der Waals surface area contributed by atoms with Gasteiger partial charge in [0.25, 0.3) is 0 Å². The third kappa shape index (κ3) is 3.19. The van der Waals surface area contributed by atoms with Crippen LogP contribution in [0.25, 0.3) is 0 Å². The summed E-state index contributed by atoms with van der Waals surface area (Å²) in [7, 11) is 0. The molecule has 0 saturated heterocycles. The Hall–Kier alpha value is -0.830. The number of ether oxygens (including phenoxy) is 1. The lowest BCUT2D eigenvalue weighted by Crippen LogP contribution is -2.11. The van der Waals surface area contributed by atoms with Crippen LogP contribution in [0.4, 0.5) is 0 Å². The monoisotopic (exact) mass is 184 g/mol. The predicted octanol–water partition coefficient (Wildman–Crippen LogP) is 1.27. The van der Waals surface area contributed by atoms with Crippen LogP contribution in [-0.4, -0.2) is 23.8 Å². The molecule has 0 aromatic heterocycles. The van der Waals surface area contributed by atoms with Gasteiger partial charge >= 0.3 is 5.97 Å². The van der Waals surface area contributed by atoms with Gasteiger partial charge < -0.3 is 9.84 Å². The fourth-order valence-corrected chi connectivity index (χ4v) is 1.59. The molecule has 1 unspecified atom stereocenters. The second kappa shape index (κ2) is 5.02. The lowest BCUT2D eigenvalue weighted by Gasteiger charge is -2.07. The molecule has 1 rings (SSSR count). The van der Waals surface area contributed by atoms with Crippen molar-refractivity contribution >= 4 is 5.97 Å². The predicted molar refractivity (Wildman–Crippen MR) is 49.1 cm³/mol. The first-order valence-electron chi connectivity index (χ1n) is 4.77. The molecule has 1 fully saturated rings. The summed E-state index contributed by atoms with van der Waals surface area (Å²) in [6.45, 7) is 2.17. The fourth-order valence-electron chi connectivity index (χ4n) is 1.59. The second-order valence-corrected chi connectivity index (χ2v) is 3.27. The van der Waals surface area contributed by atoms with Crippen LogP contribution < -0.4 is 0 Å². The van der Waals surface area contributed by atoms with E-state index in [2.05, 4.69) is 0 Å². The zero-order chi connectivity index (χ0) is 9.68. The third-order valence-corrected chi connectivity index (χ3v) is 2.30. The highest BCUT2D eigenvalue weighted by molar-refractivity contribution is 5.81. The topological polar surface area (TPSA) is 46.5 Å². The quantitative estimate of drug-likeness (QED) is 0.530. The fraction of sp³-hybridized carbons (Fsp3) is 0.700. The zero-order valence-electron chi connectivity index (χ0n) is 7.90. The summed E-state index contributed by atoms with van der Waals surface area (Å²) in [5, 5.41) is 9.43. The molecule has 0 aliphatic heterocycles. The molecule has 0 heterocycles. The molecule has 74 valence electrons. The van der Waals surface area contributed by atoms with Crippen LogP contribution in [0.15, 0.2) is 12.2 Å². The minimum Gasteiger partial charge on any atom is -0.463 e. The summed E-state index contributed by atoms with van der Waals surface area (Å²) in [6, 6.07) is 0. The first kappa shape index (κ1) is 10.3. The maximum atomic E-state index is 10.9. The molecular weight excluding hydrogens is 168 g/mol. The van der Waals surface area contributed by atoms with Gasteiger partial charge in [0.2, 0.25) is 0 Å². The van der Waals surface area contributed by atoms with Gasteiger partial charge in [-0.25, -0.2) is 4.79 Å². The molecule has 2 atom stereocenters. The van der Waals surface area contributed by atoms with Gasteiger partial charge in [0, 0.05) is 12.0 Å². The largest absolute Gasteiger partial charge is 0.463 e. The molecule has 1 saturated carbocycles. The Kier molecular flexibility index (Phi) is 3.96. The van der Waals surface area contributed by atoms with Crippen molar-refractivity contribution in [2.75, 3.05) is 6.61 Å². The molecular formula is C10H16O3. The Morgan fingerprint density at radius 1 is 1.62 bits per heavy atom. The summed E-state index contributed by atoms with van der Waals surface area (Å²) in [6.07, 6.45) is 5.76. The lowest BCUT2D eigenvalue weighted by molar-refractivity contribution is -0.137. The maximum absolute atomic E-state index is 10.9. The normalized spacial score (nSPS) is 28.2. The molecule has 0 amide bonds. The van der Waals surface area contributed by atoms with E-state index in [1.807, 2.05) is 0 Å². The van der Waals surface area contributed by atoms with Gasteiger partial charge in [0.05, 0.1) is 12.7 Å². The lowest BCUT2D eigenvalue weighted by atomic mass is 10.1. The Bertz CT molecular complexity index is 198. The highest BCUT2D eigenvalue weighted by Gasteiger charge is 2.22. The van der Waals surface area contributed by atoms with Gasteiger partial charge in [0.15, 0.2) is 0 Å². The summed E-state index contributed by atoms with van der Waals surface area (Å²) in [4.78, 5) is 10.9. The van der Waals surface area contributed by atoms with Crippen molar-refractivity contribution in [2.24, 2.45) is 5.92 Å². The van der Waals surface area contributed by atoms with E-state index in [1.165, 1.54) is 6.08 Å². The number of carbonyl (C=O) groups excluding carboxylic acids is 1. The molecule has 0 radical (unpaired) electrons. The minimum atomic E-state index is -0.318. The molecule has 3 heteroatoms. The molecule has 1 aliphatic carbocycles. The van der Waals surface area contributed by atoms with Crippen molar-refractivity contribution < 1.29 is 14.6 Å². The van der Waals surface area contributed by atoms with Crippen LogP contribution in [0.5, 0.6) is 0 Å². The van der Waals surface area contributed by atoms with Crippen molar-refractivity contribution in [1.29, 1.82) is 0 Å². The van der Waals surface area contributed by atoms with E-state index in [9.17, 15) is 9.90 Å². The van der Waals surface area contributed by atoms with Crippen molar-refractivity contribution in [3.8, 4) is 0 Å². The Balaban J connectivity index is 2.34. The first-order valence-corrected chi connectivity index (χ1v) is 4.77. The van der Waals surface area contributed by atoms with Gasteiger partial charge in [-0.2, -0.15) is 0 Å². The van der Waals surface area contributed by atoms with Crippen LogP contribution in [0, 0.1) is 5.92 Å². The summed E-state index contributed by atoms with van der Waals surface area (Å²) < 4.78 is 4.73. The van der Waals surface area contributed by atoms with E-state index in [-0.39, 0.29) is 18.0 Å². The van der Waals surface area contributed by atoms with Gasteiger partial charge in [-0.05, 0) is 19.8 Å². The number of hydrogen-bond acceptors (Lipinski definition) is 3. The Labute approximate surface area is 78.4 Å². The molecule has 0 spiro atoms. The van der Waals surface area contributed by atoms with Gasteiger partial charge in [0.1, 0.15) is 0 Å². The van der Waals surface area contributed by atoms with Crippen LogP contribution >= 0.6 is 0 Å². The molecule has 0 bridgehead atoms. The summed E-state index contributed by atoms with van der Waals surface area (Å²) >= 11 is 0. The van der Waals surface area contributed by atoms with Crippen molar-refractivity contribution in [3.05, 3.63) is 12.2 Å². The van der Waals surface area contributed by atoms with Gasteiger partial charge in [-0.15, -0.1) is 0 Å². The molecule has 1 N–H and O–H groups in total. The van der Waals surface area contributed by atoms with E-state index in [1.54, 1.807) is 13.0 Å². The van der Waals surface area contributed by atoms with Gasteiger partial charge in [-0.3, -0.25) is 0 Å². The van der Waals surface area contributed by atoms with Crippen molar-refractivity contribution in [3.63, 3.8) is 0 Å². The Morgan fingerprint density at radius 2 is 2.38 bits per heavy atom. The van der Waals surface area contributed by atoms with E-state index in [4.69, 9.17) is 4.74 Å². The standard InChI is InChI=1S/C10H16O3/c1-2-13-10(12)7-6-8-4-3-5-9(8)11/h6-9,11H,2-5H2,1H3/b7-6+/t8?,9-/m0/s1. The summed E-state index contributed by atoms with van der Waals surface area (Å²) in [5.74, 6) is -0.175. The SMILES string of the molecule is CCOC(=O)/C=C/C1CCC[C@@H]1O. The molecule has 3 nitrogen and oxygen atoms in total. The molecule has 0 aromatic rings. The summed E-state index contributed by atoms with van der Waals surface area (Å²) in [5.41, 5.74) is 0. The van der Waals surface area contributed by atoms with E-state index in [0.29, 0.717) is 6.61 Å². The number of rotatable bonds is 3. The minimum absolute atomic E-state index is 0.143. The van der Waals surface area contributed by atoms with Crippen LogP contribution in [-0.2, 0) is 9.53 Å². The number of aliphatic hydroxyl groups is 1. The highest BCUT2D eigenvalue weighted by atomic mass is 16.5. The third-order valence-electron chi connectivity index (χ3n) is 2.30. The number of aliphatic hydroxyl groups excluding tert-OH is 1. The first-order chi connectivity index (χ1) is 6.24. The number of carbonyl (C=O) groups is 1. The number of hydrogen-bond donors (Lipinski definition) is 1. The van der Waals surface area contributed by atoms with E-state index < -0.39 is 0 Å². The molecule has 13 heavy (non-hydrogen) atoms. The van der Waals surface area contributed by atoms with E-state index in [0.717, 1.165) is 19.3 Å². The zero-order valence-corrected chi connectivity index (χ0v) is 7.90. The number of esters is 1. The van der Waals surface area contributed by atoms with Crippen molar-refractivity contribution in [1.82, 2.24) is 0 Å². The van der Waals surface area contributed by atoms with Gasteiger partial charge in [-0.1, -0.05) is 12.5 Å². The molecule has 1 aliphatic rings. The van der Waals surface area contributed by atoms with Crippen LogP contribution in [0.1, 0.15) is 26.2 Å². The second-order valence-electron chi connectivity index (χ2n) is 3.27. The van der Waals surface area contributed by atoms with Crippen LogP contribution in [0.2, 0.25) is 0 Å². The van der Waals surface area contributed by atoms with Crippen LogP contribution in [0.3, 0.4) is 0 Å². The molecule has 0 aromatic carbocycles. The Morgan fingerprint density at radius 3 is 2.92 bits per heavy atom. The van der Waals surface area contributed by atoms with E-state index >= 15 is 0 Å². The smallest absolute Gasteiger partial charge is 0.330 e. The average molecular weight is 184 g/mol. The average Bonchev–Trinajstić information content (AvgIpc) is 2.48. The highest BCUT2D eigenvalue weighted by Crippen LogP contribution is 2.26. The maximum Gasteiger partial charge on any atom is 0.330 e.